The van der Waals surface area contributed by atoms with Crippen LogP contribution in [0, 0.1) is 0 Å². The zero-order chi connectivity index (χ0) is 5.15. The Morgan fingerprint density at radius 1 is 1.67 bits per heavy atom. The van der Waals surface area contributed by atoms with E-state index in [0.29, 0.717) is 0 Å². The van der Waals surface area contributed by atoms with Crippen LogP contribution < -0.4 is 0 Å². The average molecular weight is 237 g/mol. The van der Waals surface area contributed by atoms with Gasteiger partial charge in [-0.3, -0.25) is 4.21 Å². The number of alkyl halides is 2. The Morgan fingerprint density at radius 2 is 1.83 bits per heavy atom. The molecule has 38 valence electrons. The lowest BCUT2D eigenvalue weighted by atomic mass is 11.9. The van der Waals surface area contributed by atoms with E-state index >= 15 is 0 Å². The van der Waals surface area contributed by atoms with Crippen molar-refractivity contribution in [2.75, 3.05) is 0 Å². The molecule has 0 spiro atoms. The first-order valence-corrected chi connectivity index (χ1v) is 3.97. The second-order valence-electron chi connectivity index (χ2n) is 0.521. The van der Waals surface area contributed by atoms with E-state index in [0.717, 1.165) is 0 Å². The van der Waals surface area contributed by atoms with E-state index < -0.39 is 14.1 Å². The SMILES string of the molecule is O=S([O-])C(Br)Br. The molecule has 0 radical (unpaired) electrons. The Morgan fingerprint density at radius 3 is 1.83 bits per heavy atom. The quantitative estimate of drug-likeness (QED) is 0.502. The third kappa shape index (κ3) is 3.27. The molecular weight excluding hydrogens is 236 g/mol. The Labute approximate surface area is 54.9 Å². The molecule has 0 aromatic rings. The van der Waals surface area contributed by atoms with Crippen molar-refractivity contribution in [1.29, 1.82) is 0 Å². The smallest absolute Gasteiger partial charge is 0.131 e. The lowest BCUT2D eigenvalue weighted by molar-refractivity contribution is 0.541. The molecule has 0 aromatic heterocycles. The highest BCUT2D eigenvalue weighted by Crippen LogP contribution is 2.09. The highest BCUT2D eigenvalue weighted by atomic mass is 79.9. The van der Waals surface area contributed by atoms with Crippen molar-refractivity contribution in [1.82, 2.24) is 0 Å². The van der Waals surface area contributed by atoms with Crippen molar-refractivity contribution < 1.29 is 8.76 Å². The molecule has 0 aliphatic rings. The van der Waals surface area contributed by atoms with Gasteiger partial charge in [0.05, 0.1) is 0 Å². The van der Waals surface area contributed by atoms with Gasteiger partial charge in [0.2, 0.25) is 0 Å². The first-order chi connectivity index (χ1) is 2.64. The summed E-state index contributed by atoms with van der Waals surface area (Å²) < 4.78 is 18.6. The molecule has 0 rings (SSSR count). The van der Waals surface area contributed by atoms with Crippen molar-refractivity contribution >= 4 is 42.9 Å². The first-order valence-electron chi connectivity index (χ1n) is 1.01. The molecule has 0 saturated heterocycles. The first kappa shape index (κ1) is 7.07. The predicted molar refractivity (Wildman–Crippen MR) is 30.6 cm³/mol. The lowest BCUT2D eigenvalue weighted by Crippen LogP contribution is -1.93. The summed E-state index contributed by atoms with van der Waals surface area (Å²) in [6.45, 7) is 0. The van der Waals surface area contributed by atoms with Crippen molar-refractivity contribution in [3.05, 3.63) is 0 Å². The van der Waals surface area contributed by atoms with E-state index in [1.807, 2.05) is 0 Å². The van der Waals surface area contributed by atoms with E-state index in [2.05, 4.69) is 31.9 Å². The maximum absolute atomic E-state index is 9.61. The minimum Gasteiger partial charge on any atom is -0.771 e. The maximum Gasteiger partial charge on any atom is 0.131 e. The lowest BCUT2D eigenvalue weighted by Gasteiger charge is -2.01. The van der Waals surface area contributed by atoms with Crippen LogP contribution in [0.2, 0.25) is 0 Å². The van der Waals surface area contributed by atoms with Gasteiger partial charge in [-0.25, -0.2) is 0 Å². The zero-order valence-electron chi connectivity index (χ0n) is 2.56. The van der Waals surface area contributed by atoms with Gasteiger partial charge < -0.3 is 4.55 Å². The van der Waals surface area contributed by atoms with Crippen LogP contribution >= 0.6 is 31.9 Å². The number of halogens is 2. The maximum atomic E-state index is 9.61. The largest absolute Gasteiger partial charge is 0.771 e. The van der Waals surface area contributed by atoms with Gasteiger partial charge in [-0.15, -0.1) is 0 Å². The minimum atomic E-state index is -2.03. The van der Waals surface area contributed by atoms with Gasteiger partial charge in [0.15, 0.2) is 0 Å². The van der Waals surface area contributed by atoms with Gasteiger partial charge in [0.1, 0.15) is 3.07 Å². The van der Waals surface area contributed by atoms with E-state index in [1.54, 1.807) is 0 Å². The fourth-order valence-corrected chi connectivity index (χ4v) is 0. The minimum absolute atomic E-state index is 0.606. The summed E-state index contributed by atoms with van der Waals surface area (Å²) in [6.07, 6.45) is 0. The summed E-state index contributed by atoms with van der Waals surface area (Å²) in [7, 11) is 0. The van der Waals surface area contributed by atoms with Crippen molar-refractivity contribution in [3.8, 4) is 0 Å². The molecule has 5 heteroatoms. The molecule has 1 unspecified atom stereocenters. The second kappa shape index (κ2) is 3.12. The number of hydrogen-bond acceptors (Lipinski definition) is 2. The molecule has 0 aliphatic carbocycles. The van der Waals surface area contributed by atoms with Gasteiger partial charge in [-0.2, -0.15) is 0 Å². The highest BCUT2D eigenvalue weighted by molar-refractivity contribution is 9.26. The molecule has 0 aromatic carbocycles. The van der Waals surface area contributed by atoms with E-state index in [9.17, 15) is 8.76 Å². The molecule has 2 nitrogen and oxygen atoms in total. The fraction of sp³-hybridized carbons (Fsp3) is 1.00. The van der Waals surface area contributed by atoms with Gasteiger partial charge in [0.25, 0.3) is 0 Å². The molecule has 0 N–H and O–H groups in total. The van der Waals surface area contributed by atoms with Crippen LogP contribution in [0.15, 0.2) is 0 Å². The van der Waals surface area contributed by atoms with Crippen LogP contribution in [0.3, 0.4) is 0 Å². The Hall–Kier alpha value is 1.07. The van der Waals surface area contributed by atoms with Gasteiger partial charge in [0, 0.05) is 0 Å². The third-order valence-electron chi connectivity index (χ3n) is 0.145. The molecule has 0 fully saturated rings. The van der Waals surface area contributed by atoms with Crippen LogP contribution in [-0.4, -0.2) is 11.8 Å². The van der Waals surface area contributed by atoms with Crippen LogP contribution in [0.25, 0.3) is 0 Å². The molecule has 0 amide bonds. The summed E-state index contributed by atoms with van der Waals surface area (Å²) in [5.41, 5.74) is 0. The summed E-state index contributed by atoms with van der Waals surface area (Å²) in [4.78, 5) is 0. The summed E-state index contributed by atoms with van der Waals surface area (Å²) in [5.74, 6) is 0. The van der Waals surface area contributed by atoms with Gasteiger partial charge >= 0.3 is 0 Å². The molecule has 0 aliphatic heterocycles. The standard InChI is InChI=1S/CH2Br2O2S/c2-1(3)6(4)5/h1H,(H,4,5)/p-1. The highest BCUT2D eigenvalue weighted by Gasteiger charge is 1.90. The summed E-state index contributed by atoms with van der Waals surface area (Å²) in [5, 5.41) is 0. The number of rotatable bonds is 1. The van der Waals surface area contributed by atoms with E-state index in [4.69, 9.17) is 0 Å². The molecule has 0 heterocycles. The molecule has 0 bridgehead atoms. The Balaban J connectivity index is 3.26. The Bertz CT molecular complexity index is 62.6. The van der Waals surface area contributed by atoms with E-state index in [1.165, 1.54) is 0 Å². The van der Waals surface area contributed by atoms with Crippen LogP contribution in [0.4, 0.5) is 0 Å². The third-order valence-corrected chi connectivity index (χ3v) is 2.27. The molecule has 6 heavy (non-hydrogen) atoms. The van der Waals surface area contributed by atoms with Crippen molar-refractivity contribution in [2.45, 2.75) is 3.07 Å². The Kier molecular flexibility index (Phi) is 3.68. The zero-order valence-corrected chi connectivity index (χ0v) is 6.55. The van der Waals surface area contributed by atoms with E-state index in [-0.39, 0.29) is 0 Å². The molecule has 1 atom stereocenters. The average Bonchev–Trinajstić information content (AvgIpc) is 1.36. The molecule has 0 saturated carbocycles. The monoisotopic (exact) mass is 235 g/mol. The topological polar surface area (TPSA) is 40.1 Å². The van der Waals surface area contributed by atoms with Crippen LogP contribution in [0.5, 0.6) is 0 Å². The normalized spacial score (nSPS) is 15.3. The number of hydrogen-bond donors (Lipinski definition) is 0. The van der Waals surface area contributed by atoms with Crippen molar-refractivity contribution in [2.24, 2.45) is 0 Å². The predicted octanol–water partition coefficient (Wildman–Crippen LogP) is 0.939. The van der Waals surface area contributed by atoms with Gasteiger partial charge in [-0.1, -0.05) is 31.9 Å². The summed E-state index contributed by atoms with van der Waals surface area (Å²) in [6, 6.07) is 0. The second-order valence-corrected chi connectivity index (χ2v) is 5.79. The molecular formula is CHBr2O2S-. The van der Waals surface area contributed by atoms with Crippen molar-refractivity contribution in [3.63, 3.8) is 0 Å². The van der Waals surface area contributed by atoms with Gasteiger partial charge in [-0.05, 0) is 11.1 Å². The van der Waals surface area contributed by atoms with Crippen LogP contribution in [-0.2, 0) is 11.1 Å². The van der Waals surface area contributed by atoms with Crippen LogP contribution in [0.1, 0.15) is 0 Å². The summed E-state index contributed by atoms with van der Waals surface area (Å²) >= 11 is 3.45. The fourth-order valence-electron chi connectivity index (χ4n) is 0.